The summed E-state index contributed by atoms with van der Waals surface area (Å²) < 4.78 is 4.66. The van der Waals surface area contributed by atoms with Crippen molar-refractivity contribution in [2.24, 2.45) is 10.4 Å². The molecular weight excluding hydrogens is 280 g/mol. The van der Waals surface area contributed by atoms with Gasteiger partial charge in [-0.3, -0.25) is 0 Å². The molecular formula is C13H14N2O6. The second-order valence-corrected chi connectivity index (χ2v) is 4.40. The largest absolute Gasteiger partial charge is 0.499 e. The molecule has 0 saturated heterocycles. The lowest BCUT2D eigenvalue weighted by atomic mass is 10.2. The molecule has 1 heterocycles. The zero-order valence-electron chi connectivity index (χ0n) is 11.1. The average Bonchev–Trinajstić information content (AvgIpc) is 2.77. The number of aryl methyl sites for hydroxylation is 1. The molecule has 2 atom stereocenters. The van der Waals surface area contributed by atoms with Gasteiger partial charge in [0, 0.05) is 5.28 Å². The second kappa shape index (κ2) is 6.33. The minimum atomic E-state index is -1.43. The first kappa shape index (κ1) is 14.9. The van der Waals surface area contributed by atoms with Crippen LogP contribution in [-0.2, 0) is 14.4 Å². The molecule has 1 aliphatic rings. The van der Waals surface area contributed by atoms with E-state index in [1.807, 2.05) is 19.1 Å². The smallest absolute Gasteiger partial charge is 0.378 e. The standard InChI is InChI=1S/C13H14N2O6/c1-7-2-4-8(5-3-7)14-15-21-12-10(18)13(19)20-11(12)9(17)6-16/h2-5,9,11,16-18H,6H2,1H3. The normalized spacial score (nSPS) is 20.0. The van der Waals surface area contributed by atoms with E-state index in [2.05, 4.69) is 15.1 Å². The van der Waals surface area contributed by atoms with Crippen LogP contribution in [0.4, 0.5) is 5.69 Å². The molecule has 3 N–H and O–H groups in total. The second-order valence-electron chi connectivity index (χ2n) is 4.40. The maximum Gasteiger partial charge on any atom is 0.378 e. The van der Waals surface area contributed by atoms with E-state index in [0.717, 1.165) is 5.56 Å². The molecule has 0 amide bonds. The molecule has 0 aromatic heterocycles. The highest BCUT2D eigenvalue weighted by Gasteiger charge is 2.41. The van der Waals surface area contributed by atoms with Crippen molar-refractivity contribution in [1.29, 1.82) is 0 Å². The molecule has 2 unspecified atom stereocenters. The van der Waals surface area contributed by atoms with Crippen molar-refractivity contribution in [3.63, 3.8) is 0 Å². The Morgan fingerprint density at radius 2 is 2.05 bits per heavy atom. The van der Waals surface area contributed by atoms with Crippen LogP contribution in [0, 0.1) is 6.92 Å². The lowest BCUT2D eigenvalue weighted by molar-refractivity contribution is -0.148. The molecule has 1 aromatic carbocycles. The van der Waals surface area contributed by atoms with Gasteiger partial charge in [0.1, 0.15) is 6.10 Å². The molecule has 0 aliphatic carbocycles. The van der Waals surface area contributed by atoms with Crippen molar-refractivity contribution < 1.29 is 29.7 Å². The molecule has 0 spiro atoms. The number of carbonyl (C=O) groups excluding carboxylic acids is 1. The molecule has 0 fully saturated rings. The van der Waals surface area contributed by atoms with Gasteiger partial charge in [-0.05, 0) is 19.1 Å². The van der Waals surface area contributed by atoms with Gasteiger partial charge < -0.3 is 24.9 Å². The number of hydrogen-bond acceptors (Lipinski definition) is 8. The van der Waals surface area contributed by atoms with Crippen LogP contribution in [0.25, 0.3) is 0 Å². The third kappa shape index (κ3) is 3.36. The summed E-state index contributed by atoms with van der Waals surface area (Å²) in [7, 11) is 0. The van der Waals surface area contributed by atoms with Crippen LogP contribution >= 0.6 is 0 Å². The van der Waals surface area contributed by atoms with Crippen molar-refractivity contribution in [3.05, 3.63) is 41.3 Å². The van der Waals surface area contributed by atoms with Crippen molar-refractivity contribution in [2.75, 3.05) is 6.61 Å². The zero-order valence-corrected chi connectivity index (χ0v) is 11.1. The van der Waals surface area contributed by atoms with Crippen LogP contribution in [-0.4, -0.2) is 40.1 Å². The number of aliphatic hydroxyl groups excluding tert-OH is 3. The minimum absolute atomic E-state index is 0.391. The maximum atomic E-state index is 11.2. The number of ether oxygens (including phenoxy) is 1. The lowest BCUT2D eigenvalue weighted by Crippen LogP contribution is -2.32. The number of rotatable bonds is 5. The quantitative estimate of drug-likeness (QED) is 0.424. The van der Waals surface area contributed by atoms with Crippen LogP contribution in [0.15, 0.2) is 46.2 Å². The molecule has 1 aromatic rings. The number of benzene rings is 1. The Hall–Kier alpha value is -2.45. The van der Waals surface area contributed by atoms with Gasteiger partial charge in [0.25, 0.3) is 0 Å². The first-order valence-corrected chi connectivity index (χ1v) is 6.10. The van der Waals surface area contributed by atoms with Gasteiger partial charge in [-0.25, -0.2) is 4.79 Å². The number of carbonyl (C=O) groups is 1. The van der Waals surface area contributed by atoms with E-state index in [4.69, 9.17) is 9.94 Å². The van der Waals surface area contributed by atoms with Gasteiger partial charge in [-0.15, -0.1) is 5.11 Å². The molecule has 0 saturated carbocycles. The summed E-state index contributed by atoms with van der Waals surface area (Å²) >= 11 is 0. The third-order valence-electron chi connectivity index (χ3n) is 2.79. The van der Waals surface area contributed by atoms with Crippen molar-refractivity contribution in [2.45, 2.75) is 19.1 Å². The summed E-state index contributed by atoms with van der Waals surface area (Å²) in [6.07, 6.45) is -2.75. The van der Waals surface area contributed by atoms with Gasteiger partial charge in [0.15, 0.2) is 6.10 Å². The van der Waals surface area contributed by atoms with E-state index < -0.39 is 36.3 Å². The van der Waals surface area contributed by atoms with Crippen molar-refractivity contribution in [1.82, 2.24) is 0 Å². The van der Waals surface area contributed by atoms with E-state index in [0.29, 0.717) is 5.69 Å². The molecule has 8 heteroatoms. The van der Waals surface area contributed by atoms with Gasteiger partial charge in [0.05, 0.1) is 12.3 Å². The van der Waals surface area contributed by atoms with Gasteiger partial charge in [-0.2, -0.15) is 0 Å². The first-order chi connectivity index (χ1) is 10.0. The zero-order chi connectivity index (χ0) is 15.4. The number of nitrogens with zero attached hydrogens (tertiary/aromatic N) is 2. The fourth-order valence-corrected chi connectivity index (χ4v) is 1.63. The van der Waals surface area contributed by atoms with E-state index >= 15 is 0 Å². The Kier molecular flexibility index (Phi) is 4.51. The molecule has 8 nitrogen and oxygen atoms in total. The first-order valence-electron chi connectivity index (χ1n) is 6.10. The maximum absolute atomic E-state index is 11.2. The van der Waals surface area contributed by atoms with Gasteiger partial charge in [0.2, 0.25) is 11.5 Å². The van der Waals surface area contributed by atoms with Crippen molar-refractivity contribution >= 4 is 11.7 Å². The molecule has 0 radical (unpaired) electrons. The Morgan fingerprint density at radius 3 is 2.67 bits per heavy atom. The highest BCUT2D eigenvalue weighted by Crippen LogP contribution is 2.25. The number of hydrogen-bond donors (Lipinski definition) is 3. The summed E-state index contributed by atoms with van der Waals surface area (Å²) in [5.41, 5.74) is 1.56. The summed E-state index contributed by atoms with van der Waals surface area (Å²) in [6, 6.07) is 7.05. The highest BCUT2D eigenvalue weighted by atomic mass is 16.7. The fourth-order valence-electron chi connectivity index (χ4n) is 1.63. The van der Waals surface area contributed by atoms with Crippen LogP contribution in [0.2, 0.25) is 0 Å². The topological polar surface area (TPSA) is 121 Å². The summed E-state index contributed by atoms with van der Waals surface area (Å²) in [5.74, 6) is -2.26. The van der Waals surface area contributed by atoms with E-state index in [1.54, 1.807) is 12.1 Å². The van der Waals surface area contributed by atoms with Crippen LogP contribution in [0.5, 0.6) is 0 Å². The predicted octanol–water partition coefficient (Wildman–Crippen LogP) is 1.06. The van der Waals surface area contributed by atoms with Crippen molar-refractivity contribution in [3.8, 4) is 0 Å². The Balaban J connectivity index is 2.09. The van der Waals surface area contributed by atoms with E-state index in [1.165, 1.54) is 0 Å². The van der Waals surface area contributed by atoms with Gasteiger partial charge in [-0.1, -0.05) is 17.7 Å². The summed E-state index contributed by atoms with van der Waals surface area (Å²) in [4.78, 5) is 16.0. The fraction of sp³-hybridized carbons (Fsp3) is 0.308. The van der Waals surface area contributed by atoms with Crippen LogP contribution in [0.3, 0.4) is 0 Å². The molecule has 1 aliphatic heterocycles. The Bertz CT molecular complexity index is 581. The van der Waals surface area contributed by atoms with Gasteiger partial charge >= 0.3 is 5.97 Å². The monoisotopic (exact) mass is 294 g/mol. The Labute approximate surface area is 119 Å². The SMILES string of the molecule is Cc1ccc(N=NOC2=C(O)C(=O)OC2C(O)CO)cc1. The molecule has 0 bridgehead atoms. The highest BCUT2D eigenvalue weighted by molar-refractivity contribution is 5.89. The predicted molar refractivity (Wildman–Crippen MR) is 69.4 cm³/mol. The van der Waals surface area contributed by atoms with Crippen LogP contribution < -0.4 is 0 Å². The minimum Gasteiger partial charge on any atom is -0.499 e. The number of esters is 1. The summed E-state index contributed by atoms with van der Waals surface area (Å²) in [6.45, 7) is 1.25. The third-order valence-corrected chi connectivity index (χ3v) is 2.79. The van der Waals surface area contributed by atoms with Crippen LogP contribution in [0.1, 0.15) is 5.56 Å². The molecule has 112 valence electrons. The summed E-state index contributed by atoms with van der Waals surface area (Å²) in [5, 5.41) is 35.0. The number of cyclic esters (lactones) is 1. The average molecular weight is 294 g/mol. The van der Waals surface area contributed by atoms with E-state index in [9.17, 15) is 15.0 Å². The molecule has 2 rings (SSSR count). The number of aliphatic hydroxyl groups is 3. The molecule has 21 heavy (non-hydrogen) atoms. The lowest BCUT2D eigenvalue weighted by Gasteiger charge is -2.15. The van der Waals surface area contributed by atoms with E-state index in [-0.39, 0.29) is 0 Å². The Morgan fingerprint density at radius 1 is 1.38 bits per heavy atom.